The highest BCUT2D eigenvalue weighted by Crippen LogP contribution is 2.19. The molecule has 0 bridgehead atoms. The van der Waals surface area contributed by atoms with Crippen LogP contribution in [-0.4, -0.2) is 35.5 Å². The first-order valence-electron chi connectivity index (χ1n) is 7.37. The van der Waals surface area contributed by atoms with Crippen molar-refractivity contribution in [3.8, 4) is 0 Å². The summed E-state index contributed by atoms with van der Waals surface area (Å²) < 4.78 is 5.03. The molecular weight excluding hydrogens is 264 g/mol. The highest BCUT2D eigenvalue weighted by atomic mass is 16.5. The average Bonchev–Trinajstić information content (AvgIpc) is 2.46. The lowest BCUT2D eigenvalue weighted by Crippen LogP contribution is -2.30. The van der Waals surface area contributed by atoms with E-state index in [4.69, 9.17) is 4.74 Å². The van der Waals surface area contributed by atoms with Crippen molar-refractivity contribution in [1.82, 2.24) is 9.88 Å². The number of rotatable bonds is 6. The van der Waals surface area contributed by atoms with Crippen LogP contribution in [0.2, 0.25) is 0 Å². The SMILES string of the molecule is CCOC(=O)CN(CC)Cc1cc(C)nc2ccccc12. The molecule has 0 radical (unpaired) electrons. The van der Waals surface area contributed by atoms with Crippen molar-refractivity contribution in [3.05, 3.63) is 41.6 Å². The number of aryl methyl sites for hydroxylation is 1. The Morgan fingerprint density at radius 1 is 1.29 bits per heavy atom. The molecule has 0 atom stereocenters. The molecule has 0 amide bonds. The lowest BCUT2D eigenvalue weighted by Gasteiger charge is -2.20. The Morgan fingerprint density at radius 2 is 2.05 bits per heavy atom. The summed E-state index contributed by atoms with van der Waals surface area (Å²) >= 11 is 0. The zero-order valence-corrected chi connectivity index (χ0v) is 12.9. The smallest absolute Gasteiger partial charge is 0.320 e. The maximum Gasteiger partial charge on any atom is 0.320 e. The largest absolute Gasteiger partial charge is 0.465 e. The fraction of sp³-hybridized carbons (Fsp3) is 0.412. The summed E-state index contributed by atoms with van der Waals surface area (Å²) in [4.78, 5) is 18.3. The number of ether oxygens (including phenoxy) is 1. The van der Waals surface area contributed by atoms with E-state index in [0.29, 0.717) is 13.2 Å². The Bertz CT molecular complexity index is 625. The number of benzene rings is 1. The molecule has 0 saturated heterocycles. The molecule has 4 heteroatoms. The third kappa shape index (κ3) is 4.02. The fourth-order valence-corrected chi connectivity index (χ4v) is 2.44. The van der Waals surface area contributed by atoms with Gasteiger partial charge in [0, 0.05) is 17.6 Å². The van der Waals surface area contributed by atoms with E-state index in [0.717, 1.165) is 29.7 Å². The zero-order chi connectivity index (χ0) is 15.2. The second-order valence-electron chi connectivity index (χ2n) is 5.05. The number of esters is 1. The molecule has 0 saturated carbocycles. The summed E-state index contributed by atoms with van der Waals surface area (Å²) in [6.07, 6.45) is 0. The monoisotopic (exact) mass is 286 g/mol. The van der Waals surface area contributed by atoms with Crippen LogP contribution in [0, 0.1) is 6.92 Å². The number of likely N-dealkylation sites (N-methyl/N-ethyl adjacent to an activating group) is 1. The number of carbonyl (C=O) groups is 1. The van der Waals surface area contributed by atoms with Gasteiger partial charge in [0.2, 0.25) is 0 Å². The van der Waals surface area contributed by atoms with Crippen molar-refractivity contribution in [2.45, 2.75) is 27.3 Å². The number of aromatic nitrogens is 1. The average molecular weight is 286 g/mol. The Kier molecular flexibility index (Phi) is 5.28. The second-order valence-corrected chi connectivity index (χ2v) is 5.05. The van der Waals surface area contributed by atoms with Gasteiger partial charge >= 0.3 is 5.97 Å². The number of para-hydroxylation sites is 1. The number of nitrogens with zero attached hydrogens (tertiary/aromatic N) is 2. The van der Waals surface area contributed by atoms with Crippen LogP contribution >= 0.6 is 0 Å². The molecule has 0 aliphatic carbocycles. The van der Waals surface area contributed by atoms with Gasteiger partial charge in [-0.15, -0.1) is 0 Å². The van der Waals surface area contributed by atoms with Gasteiger partial charge in [0.25, 0.3) is 0 Å². The standard InChI is InChI=1S/C17H22N2O2/c1-4-19(12-17(20)21-5-2)11-14-10-13(3)18-16-9-7-6-8-15(14)16/h6-10H,4-5,11-12H2,1-3H3. The molecule has 0 aliphatic rings. The first-order chi connectivity index (χ1) is 10.1. The molecule has 2 aromatic rings. The highest BCUT2D eigenvalue weighted by Gasteiger charge is 2.12. The van der Waals surface area contributed by atoms with Crippen LogP contribution in [0.3, 0.4) is 0 Å². The van der Waals surface area contributed by atoms with Crippen LogP contribution in [0.15, 0.2) is 30.3 Å². The van der Waals surface area contributed by atoms with Crippen LogP contribution in [0.4, 0.5) is 0 Å². The Labute approximate surface area is 125 Å². The summed E-state index contributed by atoms with van der Waals surface area (Å²) in [5.74, 6) is -0.172. The van der Waals surface area contributed by atoms with E-state index in [1.807, 2.05) is 32.0 Å². The first-order valence-corrected chi connectivity index (χ1v) is 7.37. The number of hydrogen-bond donors (Lipinski definition) is 0. The maximum atomic E-state index is 11.7. The van der Waals surface area contributed by atoms with Crippen molar-refractivity contribution in [3.63, 3.8) is 0 Å². The van der Waals surface area contributed by atoms with Gasteiger partial charge in [-0.3, -0.25) is 14.7 Å². The summed E-state index contributed by atoms with van der Waals surface area (Å²) in [6, 6.07) is 10.2. The molecule has 1 aromatic heterocycles. The highest BCUT2D eigenvalue weighted by molar-refractivity contribution is 5.82. The topological polar surface area (TPSA) is 42.4 Å². The van der Waals surface area contributed by atoms with Gasteiger partial charge in [-0.2, -0.15) is 0 Å². The van der Waals surface area contributed by atoms with Crippen molar-refractivity contribution >= 4 is 16.9 Å². The van der Waals surface area contributed by atoms with E-state index >= 15 is 0 Å². The lowest BCUT2D eigenvalue weighted by atomic mass is 10.1. The summed E-state index contributed by atoms with van der Waals surface area (Å²) in [6.45, 7) is 8.14. The number of carbonyl (C=O) groups excluding carboxylic acids is 1. The molecule has 1 heterocycles. The van der Waals surface area contributed by atoms with Crippen molar-refractivity contribution < 1.29 is 9.53 Å². The quantitative estimate of drug-likeness (QED) is 0.766. The minimum Gasteiger partial charge on any atom is -0.465 e. The maximum absolute atomic E-state index is 11.7. The minimum atomic E-state index is -0.172. The van der Waals surface area contributed by atoms with Gasteiger partial charge in [0.05, 0.1) is 18.7 Å². The molecule has 112 valence electrons. The molecule has 0 spiro atoms. The zero-order valence-electron chi connectivity index (χ0n) is 12.9. The van der Waals surface area contributed by atoms with Crippen LogP contribution in [0.25, 0.3) is 10.9 Å². The summed E-state index contributed by atoms with van der Waals surface area (Å²) in [5, 5.41) is 1.14. The predicted octanol–water partition coefficient (Wildman–Crippen LogP) is 2.93. The van der Waals surface area contributed by atoms with E-state index in [9.17, 15) is 4.79 Å². The Hall–Kier alpha value is -1.94. The molecule has 2 rings (SSSR count). The lowest BCUT2D eigenvalue weighted by molar-refractivity contribution is -0.144. The number of pyridine rings is 1. The van der Waals surface area contributed by atoms with E-state index in [1.54, 1.807) is 0 Å². The van der Waals surface area contributed by atoms with Gasteiger partial charge in [-0.1, -0.05) is 25.1 Å². The molecule has 21 heavy (non-hydrogen) atoms. The third-order valence-electron chi connectivity index (χ3n) is 3.43. The fourth-order valence-electron chi connectivity index (χ4n) is 2.44. The van der Waals surface area contributed by atoms with E-state index in [2.05, 4.69) is 28.9 Å². The van der Waals surface area contributed by atoms with Gasteiger partial charge in [0.15, 0.2) is 0 Å². The predicted molar refractivity (Wildman–Crippen MR) is 84.1 cm³/mol. The van der Waals surface area contributed by atoms with Crippen LogP contribution in [-0.2, 0) is 16.1 Å². The molecule has 0 unspecified atom stereocenters. The molecule has 1 aromatic carbocycles. The minimum absolute atomic E-state index is 0.172. The van der Waals surface area contributed by atoms with E-state index in [-0.39, 0.29) is 5.97 Å². The van der Waals surface area contributed by atoms with E-state index < -0.39 is 0 Å². The van der Waals surface area contributed by atoms with Gasteiger partial charge < -0.3 is 4.74 Å². The first kappa shape index (κ1) is 15.4. The van der Waals surface area contributed by atoms with Gasteiger partial charge in [-0.05, 0) is 38.1 Å². The Morgan fingerprint density at radius 3 is 2.76 bits per heavy atom. The molecule has 4 nitrogen and oxygen atoms in total. The van der Waals surface area contributed by atoms with Crippen LogP contribution in [0.5, 0.6) is 0 Å². The third-order valence-corrected chi connectivity index (χ3v) is 3.43. The molecule has 0 aliphatic heterocycles. The molecule has 0 fully saturated rings. The molecule has 0 N–H and O–H groups in total. The molecular formula is C17H22N2O2. The normalized spacial score (nSPS) is 11.0. The van der Waals surface area contributed by atoms with Crippen LogP contribution < -0.4 is 0 Å². The second kappa shape index (κ2) is 7.18. The van der Waals surface area contributed by atoms with Gasteiger partial charge in [0.1, 0.15) is 0 Å². The van der Waals surface area contributed by atoms with Crippen molar-refractivity contribution in [2.75, 3.05) is 19.7 Å². The van der Waals surface area contributed by atoms with Crippen LogP contribution in [0.1, 0.15) is 25.1 Å². The summed E-state index contributed by atoms with van der Waals surface area (Å²) in [5.41, 5.74) is 3.19. The van der Waals surface area contributed by atoms with Gasteiger partial charge in [-0.25, -0.2) is 0 Å². The van der Waals surface area contributed by atoms with E-state index in [1.165, 1.54) is 5.56 Å². The van der Waals surface area contributed by atoms with Crippen molar-refractivity contribution in [1.29, 1.82) is 0 Å². The van der Waals surface area contributed by atoms with Crippen molar-refractivity contribution in [2.24, 2.45) is 0 Å². The number of hydrogen-bond acceptors (Lipinski definition) is 4. The Balaban J connectivity index is 2.23. The number of fused-ring (bicyclic) bond motifs is 1. The summed E-state index contributed by atoms with van der Waals surface area (Å²) in [7, 11) is 0.